The molecule has 0 aliphatic carbocycles. The van der Waals surface area contributed by atoms with Gasteiger partial charge in [0.15, 0.2) is 0 Å². The zero-order chi connectivity index (χ0) is 46.1. The van der Waals surface area contributed by atoms with Gasteiger partial charge in [0.25, 0.3) is 0 Å². The summed E-state index contributed by atoms with van der Waals surface area (Å²) < 4.78 is 15.2. The van der Waals surface area contributed by atoms with Gasteiger partial charge >= 0.3 is 17.9 Å². The van der Waals surface area contributed by atoms with Crippen LogP contribution in [0.5, 0.6) is 0 Å². The minimum atomic E-state index is -0.551. The van der Waals surface area contributed by atoms with Crippen molar-refractivity contribution in [1.29, 1.82) is 0 Å². The first-order chi connectivity index (χ1) is 32.2. The number of benzene rings is 3. The number of hydrogen-bond acceptors (Lipinski definition) is 12. The molecule has 0 atom stereocenters. The molecule has 0 unspecified atom stereocenters. The van der Waals surface area contributed by atoms with E-state index < -0.39 is 17.9 Å². The molecule has 0 spiro atoms. The highest BCUT2D eigenvalue weighted by molar-refractivity contribution is 5.88. The molecule has 0 radical (unpaired) electrons. The van der Waals surface area contributed by atoms with Crippen LogP contribution < -0.4 is 0 Å². The second kappa shape index (κ2) is 23.1. The summed E-state index contributed by atoms with van der Waals surface area (Å²) in [5.41, 5.74) is 6.97. The Labute approximate surface area is 385 Å². The maximum absolute atomic E-state index is 12.9. The third-order valence-electron chi connectivity index (χ3n) is 10.5. The lowest BCUT2D eigenvalue weighted by molar-refractivity contribution is 0.0584. The van der Waals surface area contributed by atoms with E-state index in [1.54, 1.807) is 18.2 Å². The van der Waals surface area contributed by atoms with Crippen molar-refractivity contribution >= 4 is 17.9 Å². The molecule has 0 saturated carbocycles. The van der Waals surface area contributed by atoms with E-state index in [1.807, 2.05) is 109 Å². The number of carbonyl (C=O) groups excluding carboxylic acids is 3. The van der Waals surface area contributed by atoms with Crippen LogP contribution in [0.4, 0.5) is 0 Å². The van der Waals surface area contributed by atoms with Crippen molar-refractivity contribution in [2.45, 2.75) is 19.6 Å². The van der Waals surface area contributed by atoms with Gasteiger partial charge in [0, 0.05) is 92.3 Å². The molecule has 1 fully saturated rings. The summed E-state index contributed by atoms with van der Waals surface area (Å²) in [7, 11) is 4.00. The van der Waals surface area contributed by atoms with Crippen LogP contribution in [0.1, 0.15) is 81.9 Å². The normalized spacial score (nSPS) is 13.1. The van der Waals surface area contributed by atoms with Crippen LogP contribution in [-0.4, -0.2) is 108 Å². The maximum atomic E-state index is 12.9. The van der Waals surface area contributed by atoms with Gasteiger partial charge in [-0.05, 0) is 72.8 Å². The van der Waals surface area contributed by atoms with Crippen molar-refractivity contribution in [3.63, 3.8) is 0 Å². The van der Waals surface area contributed by atoms with E-state index >= 15 is 0 Å². The number of ether oxygens (including phenoxy) is 3. The molecule has 0 bridgehead atoms. The van der Waals surface area contributed by atoms with Crippen LogP contribution in [0.2, 0.25) is 0 Å². The quantitative estimate of drug-likeness (QED) is 0.0926. The molecule has 4 heterocycles. The summed E-state index contributed by atoms with van der Waals surface area (Å²) in [4.78, 5) is 59.6. The predicted octanol–water partition coefficient (Wildman–Crippen LogP) is 6.25. The zero-order valence-corrected chi connectivity index (χ0v) is 37.1. The van der Waals surface area contributed by atoms with Crippen molar-refractivity contribution < 1.29 is 28.6 Å². The second-order valence-electron chi connectivity index (χ2n) is 15.3. The van der Waals surface area contributed by atoms with Gasteiger partial charge in [0.05, 0.1) is 38.4 Å². The summed E-state index contributed by atoms with van der Waals surface area (Å²) in [6.45, 7) is 5.05. The molecule has 7 rings (SSSR count). The predicted molar refractivity (Wildman–Crippen MR) is 250 cm³/mol. The molecule has 66 heavy (non-hydrogen) atoms. The van der Waals surface area contributed by atoms with Crippen molar-refractivity contribution in [2.24, 2.45) is 0 Å². The van der Waals surface area contributed by atoms with E-state index in [4.69, 9.17) is 29.2 Å². The monoisotopic (exact) mass is 876 g/mol. The molecule has 12 heteroatoms. The summed E-state index contributed by atoms with van der Waals surface area (Å²) in [6, 6.07) is 39.6. The minimum Gasteiger partial charge on any atom is -0.464 e. The third kappa shape index (κ3) is 13.5. The highest BCUT2D eigenvalue weighted by Gasteiger charge is 2.21. The fraction of sp³-hybridized carbons (Fsp3) is 0.222. The van der Waals surface area contributed by atoms with Gasteiger partial charge in [0.1, 0.15) is 17.1 Å². The molecule has 12 nitrogen and oxygen atoms in total. The summed E-state index contributed by atoms with van der Waals surface area (Å²) in [5.74, 6) is 17.5. The molecule has 3 aromatic carbocycles. The third-order valence-corrected chi connectivity index (χ3v) is 10.5. The Bertz CT molecular complexity index is 2530. The lowest BCUT2D eigenvalue weighted by atomic mass is 10.1. The van der Waals surface area contributed by atoms with Crippen LogP contribution in [0.15, 0.2) is 127 Å². The van der Waals surface area contributed by atoms with E-state index in [1.165, 1.54) is 21.3 Å². The molecule has 6 aromatic rings. The van der Waals surface area contributed by atoms with Crippen LogP contribution in [0.25, 0.3) is 0 Å². The number of pyridine rings is 3. The van der Waals surface area contributed by atoms with Gasteiger partial charge in [-0.1, -0.05) is 90.1 Å². The molecular formula is C54H48N6O6. The van der Waals surface area contributed by atoms with E-state index in [-0.39, 0.29) is 17.1 Å². The molecule has 1 aliphatic rings. The number of nitrogens with zero attached hydrogens (tertiary/aromatic N) is 6. The van der Waals surface area contributed by atoms with Gasteiger partial charge in [-0.3, -0.25) is 14.7 Å². The molecular weight excluding hydrogens is 829 g/mol. The van der Waals surface area contributed by atoms with Gasteiger partial charge in [-0.2, -0.15) is 0 Å². The summed E-state index contributed by atoms with van der Waals surface area (Å²) in [6.07, 6.45) is 0. The second-order valence-corrected chi connectivity index (χ2v) is 15.3. The Balaban J connectivity index is 1.20. The van der Waals surface area contributed by atoms with E-state index in [9.17, 15) is 14.4 Å². The van der Waals surface area contributed by atoms with Gasteiger partial charge in [-0.15, -0.1) is 0 Å². The van der Waals surface area contributed by atoms with Crippen LogP contribution in [0.3, 0.4) is 0 Å². The highest BCUT2D eigenvalue weighted by Crippen LogP contribution is 2.16. The highest BCUT2D eigenvalue weighted by atomic mass is 16.5. The minimum absolute atomic E-state index is 0.172. The van der Waals surface area contributed by atoms with Gasteiger partial charge in [0.2, 0.25) is 0 Å². The Hall–Kier alpha value is -7.92. The molecule has 0 N–H and O–H groups in total. The summed E-state index contributed by atoms with van der Waals surface area (Å²) in [5, 5.41) is 0. The first kappa shape index (κ1) is 46.1. The number of rotatable bonds is 9. The fourth-order valence-electron chi connectivity index (χ4n) is 7.19. The Morgan fingerprint density at radius 1 is 0.394 bits per heavy atom. The molecule has 1 aliphatic heterocycles. The average Bonchev–Trinajstić information content (AvgIpc) is 3.44. The van der Waals surface area contributed by atoms with Crippen LogP contribution in [0, 0.1) is 35.5 Å². The van der Waals surface area contributed by atoms with Gasteiger partial charge in [-0.25, -0.2) is 29.3 Å². The lowest BCUT2D eigenvalue weighted by Crippen LogP contribution is -2.36. The molecule has 3 aromatic heterocycles. The Morgan fingerprint density at radius 2 is 0.636 bits per heavy atom. The zero-order valence-electron chi connectivity index (χ0n) is 37.1. The maximum Gasteiger partial charge on any atom is 0.356 e. The number of methoxy groups -OCH3 is 3. The molecule has 1 saturated heterocycles. The number of hydrogen-bond donors (Lipinski definition) is 0. The van der Waals surface area contributed by atoms with Gasteiger partial charge < -0.3 is 14.2 Å². The Kier molecular flexibility index (Phi) is 16.2. The van der Waals surface area contributed by atoms with Crippen LogP contribution >= 0.6 is 0 Å². The van der Waals surface area contributed by atoms with Crippen molar-refractivity contribution in [1.82, 2.24) is 29.7 Å². The number of esters is 3. The van der Waals surface area contributed by atoms with Crippen LogP contribution in [-0.2, 0) is 33.8 Å². The standard InChI is InChI=1S/C54H48N6O6/c1-64-52(61)49-34-43(22-19-40-13-7-4-8-14-40)31-46(55-49)37-58-25-27-59(38-47-32-44(35-50(56-47)53(62)65-2)23-20-41-15-9-5-10-16-41)29-30-60(28-26-58)39-48-33-45(36-51(57-48)54(63)66-3)24-21-42-17-11-6-12-18-42/h4-18,31-36H,25-30,37-39H2,1-3H3. The van der Waals surface area contributed by atoms with E-state index in [0.29, 0.717) is 92.7 Å². The largest absolute Gasteiger partial charge is 0.464 e. The number of carbonyl (C=O) groups is 3. The smallest absolute Gasteiger partial charge is 0.356 e. The Morgan fingerprint density at radius 3 is 0.879 bits per heavy atom. The lowest BCUT2D eigenvalue weighted by Gasteiger charge is -2.25. The first-order valence-corrected chi connectivity index (χ1v) is 21.4. The van der Waals surface area contributed by atoms with E-state index in [2.05, 4.69) is 50.2 Å². The summed E-state index contributed by atoms with van der Waals surface area (Å²) >= 11 is 0. The SMILES string of the molecule is COC(=O)c1cc(C#Cc2ccccc2)cc(CN2CCN(Cc3cc(C#Cc4ccccc4)cc(C(=O)OC)n3)CCN(Cc3cc(C#Cc4ccccc4)cc(C(=O)OC)n3)CC2)n1. The molecule has 0 amide bonds. The van der Waals surface area contributed by atoms with Crippen molar-refractivity contribution in [3.05, 3.63) is 195 Å². The topological polar surface area (TPSA) is 127 Å². The fourth-order valence-corrected chi connectivity index (χ4v) is 7.19. The number of aromatic nitrogens is 3. The van der Waals surface area contributed by atoms with Crippen molar-refractivity contribution in [2.75, 3.05) is 60.6 Å². The van der Waals surface area contributed by atoms with Crippen molar-refractivity contribution in [3.8, 4) is 35.5 Å². The first-order valence-electron chi connectivity index (χ1n) is 21.4. The molecule has 330 valence electrons. The van der Waals surface area contributed by atoms with E-state index in [0.717, 1.165) is 16.7 Å². The average molecular weight is 877 g/mol.